The van der Waals surface area contributed by atoms with Crippen LogP contribution in [0.5, 0.6) is 11.5 Å². The highest BCUT2D eigenvalue weighted by Crippen LogP contribution is 2.33. The fraction of sp³-hybridized carbons (Fsp3) is 0.467. The van der Waals surface area contributed by atoms with Gasteiger partial charge in [-0.3, -0.25) is 0 Å². The summed E-state index contributed by atoms with van der Waals surface area (Å²) in [6.45, 7) is 2.62. The molecule has 110 valence electrons. The number of hydrogen-bond acceptors (Lipinski definition) is 4. The van der Waals surface area contributed by atoms with Crippen molar-refractivity contribution >= 4 is 10.9 Å². The van der Waals surface area contributed by atoms with Crippen molar-refractivity contribution in [3.05, 3.63) is 24.4 Å². The van der Waals surface area contributed by atoms with Crippen molar-refractivity contribution in [1.82, 2.24) is 4.57 Å². The summed E-state index contributed by atoms with van der Waals surface area (Å²) >= 11 is 0. The molecule has 1 aromatic carbocycles. The molecule has 2 rings (SSSR count). The van der Waals surface area contributed by atoms with Crippen molar-refractivity contribution in [2.45, 2.75) is 6.54 Å². The Kier molecular flexibility index (Phi) is 5.26. The number of rotatable bonds is 8. The van der Waals surface area contributed by atoms with Crippen LogP contribution in [0, 0.1) is 0 Å². The Morgan fingerprint density at radius 2 is 1.65 bits per heavy atom. The third-order valence-electron chi connectivity index (χ3n) is 3.20. The van der Waals surface area contributed by atoms with Crippen LogP contribution in [-0.4, -0.2) is 45.7 Å². The molecule has 0 unspecified atom stereocenters. The van der Waals surface area contributed by atoms with Gasteiger partial charge in [0.15, 0.2) is 0 Å². The standard InChI is InChI=1S/C15H21NO4/c1-17-10-11-20-9-8-16-7-6-12-13(18-2)4-5-14(19-3)15(12)16/h4-7H,8-11H2,1-3H3. The van der Waals surface area contributed by atoms with Gasteiger partial charge in [-0.2, -0.15) is 0 Å². The van der Waals surface area contributed by atoms with Crippen LogP contribution < -0.4 is 9.47 Å². The van der Waals surface area contributed by atoms with Crippen molar-refractivity contribution < 1.29 is 18.9 Å². The molecule has 1 aromatic heterocycles. The number of ether oxygens (including phenoxy) is 4. The number of nitrogens with zero attached hydrogens (tertiary/aromatic N) is 1. The van der Waals surface area contributed by atoms with Crippen molar-refractivity contribution in [2.24, 2.45) is 0 Å². The number of methoxy groups -OCH3 is 3. The quantitative estimate of drug-likeness (QED) is 0.695. The second-order valence-electron chi connectivity index (χ2n) is 4.35. The van der Waals surface area contributed by atoms with E-state index in [0.29, 0.717) is 19.8 Å². The molecule has 5 heteroatoms. The van der Waals surface area contributed by atoms with Crippen LogP contribution in [0.3, 0.4) is 0 Å². The summed E-state index contributed by atoms with van der Waals surface area (Å²) in [5, 5.41) is 1.05. The summed E-state index contributed by atoms with van der Waals surface area (Å²) < 4.78 is 23.4. The molecular weight excluding hydrogens is 258 g/mol. The van der Waals surface area contributed by atoms with E-state index in [0.717, 1.165) is 28.9 Å². The SMILES string of the molecule is COCCOCCn1ccc2c(OC)ccc(OC)c21. The molecule has 0 N–H and O–H groups in total. The van der Waals surface area contributed by atoms with Crippen LogP contribution in [0.2, 0.25) is 0 Å². The minimum atomic E-state index is 0.607. The van der Waals surface area contributed by atoms with Crippen LogP contribution >= 0.6 is 0 Å². The van der Waals surface area contributed by atoms with Gasteiger partial charge in [-0.25, -0.2) is 0 Å². The monoisotopic (exact) mass is 279 g/mol. The molecule has 0 amide bonds. The fourth-order valence-electron chi connectivity index (χ4n) is 2.20. The maximum atomic E-state index is 5.51. The summed E-state index contributed by atoms with van der Waals surface area (Å²) in [5.41, 5.74) is 1.03. The first-order chi connectivity index (χ1) is 9.81. The Labute approximate surface area is 119 Å². The molecule has 0 radical (unpaired) electrons. The zero-order valence-corrected chi connectivity index (χ0v) is 12.2. The van der Waals surface area contributed by atoms with Gasteiger partial charge in [-0.15, -0.1) is 0 Å². The van der Waals surface area contributed by atoms with Gasteiger partial charge in [-0.05, 0) is 18.2 Å². The second kappa shape index (κ2) is 7.17. The third-order valence-corrected chi connectivity index (χ3v) is 3.20. The highest BCUT2D eigenvalue weighted by atomic mass is 16.5. The van der Waals surface area contributed by atoms with E-state index in [1.807, 2.05) is 24.4 Å². The molecule has 0 aliphatic heterocycles. The van der Waals surface area contributed by atoms with Gasteiger partial charge in [0.25, 0.3) is 0 Å². The van der Waals surface area contributed by atoms with Gasteiger partial charge in [0.2, 0.25) is 0 Å². The lowest BCUT2D eigenvalue weighted by Gasteiger charge is -2.11. The maximum Gasteiger partial charge on any atom is 0.143 e. The fourth-order valence-corrected chi connectivity index (χ4v) is 2.20. The van der Waals surface area contributed by atoms with Crippen LogP contribution in [0.4, 0.5) is 0 Å². The van der Waals surface area contributed by atoms with Crippen molar-refractivity contribution in [2.75, 3.05) is 41.2 Å². The molecule has 1 heterocycles. The van der Waals surface area contributed by atoms with Gasteiger partial charge in [0.1, 0.15) is 11.5 Å². The van der Waals surface area contributed by atoms with Crippen molar-refractivity contribution in [3.8, 4) is 11.5 Å². The van der Waals surface area contributed by atoms with E-state index in [9.17, 15) is 0 Å². The average molecular weight is 279 g/mol. The third kappa shape index (κ3) is 3.05. The Hall–Kier alpha value is -1.72. The van der Waals surface area contributed by atoms with E-state index in [-0.39, 0.29) is 0 Å². The van der Waals surface area contributed by atoms with Crippen molar-refractivity contribution in [1.29, 1.82) is 0 Å². The number of benzene rings is 1. The van der Waals surface area contributed by atoms with Gasteiger partial charge >= 0.3 is 0 Å². The zero-order chi connectivity index (χ0) is 14.4. The lowest BCUT2D eigenvalue weighted by atomic mass is 10.2. The molecule has 0 bridgehead atoms. The molecule has 5 nitrogen and oxygen atoms in total. The molecule has 0 fully saturated rings. The van der Waals surface area contributed by atoms with Gasteiger partial charge in [0.05, 0.1) is 39.6 Å². The van der Waals surface area contributed by atoms with E-state index in [1.54, 1.807) is 21.3 Å². The summed E-state index contributed by atoms with van der Waals surface area (Å²) in [7, 11) is 5.01. The summed E-state index contributed by atoms with van der Waals surface area (Å²) in [5.74, 6) is 1.68. The summed E-state index contributed by atoms with van der Waals surface area (Å²) in [6.07, 6.45) is 2.02. The smallest absolute Gasteiger partial charge is 0.143 e. The van der Waals surface area contributed by atoms with E-state index in [1.165, 1.54) is 0 Å². The molecule has 0 aliphatic carbocycles. The first-order valence-corrected chi connectivity index (χ1v) is 6.58. The second-order valence-corrected chi connectivity index (χ2v) is 4.35. The van der Waals surface area contributed by atoms with Crippen LogP contribution in [-0.2, 0) is 16.0 Å². The van der Waals surface area contributed by atoms with Crippen molar-refractivity contribution in [3.63, 3.8) is 0 Å². The average Bonchev–Trinajstić information content (AvgIpc) is 2.90. The highest BCUT2D eigenvalue weighted by Gasteiger charge is 2.11. The summed E-state index contributed by atoms with van der Waals surface area (Å²) in [6, 6.07) is 5.87. The minimum Gasteiger partial charge on any atom is -0.496 e. The zero-order valence-electron chi connectivity index (χ0n) is 12.2. The molecule has 2 aromatic rings. The highest BCUT2D eigenvalue weighted by molar-refractivity contribution is 5.91. The largest absolute Gasteiger partial charge is 0.496 e. The first-order valence-electron chi connectivity index (χ1n) is 6.58. The molecule has 0 saturated carbocycles. The first kappa shape index (κ1) is 14.7. The predicted molar refractivity (Wildman–Crippen MR) is 77.7 cm³/mol. The molecule has 0 aliphatic rings. The number of hydrogen-bond donors (Lipinski definition) is 0. The molecule has 0 atom stereocenters. The van der Waals surface area contributed by atoms with E-state index in [4.69, 9.17) is 18.9 Å². The Morgan fingerprint density at radius 3 is 2.35 bits per heavy atom. The Balaban J connectivity index is 2.17. The molecular formula is C15H21NO4. The van der Waals surface area contributed by atoms with Gasteiger partial charge < -0.3 is 23.5 Å². The predicted octanol–water partition coefficient (Wildman–Crippen LogP) is 2.32. The molecule has 0 saturated heterocycles. The molecule has 0 spiro atoms. The summed E-state index contributed by atoms with van der Waals surface area (Å²) in [4.78, 5) is 0. The molecule has 20 heavy (non-hydrogen) atoms. The van der Waals surface area contributed by atoms with Gasteiger partial charge in [-0.1, -0.05) is 0 Å². The van der Waals surface area contributed by atoms with Crippen LogP contribution in [0.25, 0.3) is 10.9 Å². The lowest BCUT2D eigenvalue weighted by Crippen LogP contribution is -2.09. The number of fused-ring (bicyclic) bond motifs is 1. The van der Waals surface area contributed by atoms with Crippen LogP contribution in [0.15, 0.2) is 24.4 Å². The van der Waals surface area contributed by atoms with E-state index < -0.39 is 0 Å². The van der Waals surface area contributed by atoms with Gasteiger partial charge in [0, 0.05) is 25.2 Å². The Morgan fingerprint density at radius 1 is 0.900 bits per heavy atom. The Bertz CT molecular complexity index is 550. The topological polar surface area (TPSA) is 41.9 Å². The van der Waals surface area contributed by atoms with E-state index >= 15 is 0 Å². The van der Waals surface area contributed by atoms with Crippen LogP contribution in [0.1, 0.15) is 0 Å². The lowest BCUT2D eigenvalue weighted by molar-refractivity contribution is 0.0670. The normalized spacial score (nSPS) is 10.9. The maximum absolute atomic E-state index is 5.51. The minimum absolute atomic E-state index is 0.607. The number of aromatic nitrogens is 1. The van der Waals surface area contributed by atoms with E-state index in [2.05, 4.69) is 4.57 Å².